The molecule has 2 aromatic carbocycles. The molecule has 1 aromatic heterocycles. The van der Waals surface area contributed by atoms with Gasteiger partial charge in [-0.1, -0.05) is 0 Å². The maximum Gasteiger partial charge on any atom is 0.338 e. The highest BCUT2D eigenvalue weighted by Crippen LogP contribution is 2.50. The second-order valence-corrected chi connectivity index (χ2v) is 11.3. The van der Waals surface area contributed by atoms with Crippen molar-refractivity contribution in [1.29, 1.82) is 0 Å². The van der Waals surface area contributed by atoms with Crippen LogP contribution < -0.4 is 14.2 Å². The zero-order valence-corrected chi connectivity index (χ0v) is 23.4. The van der Waals surface area contributed by atoms with Gasteiger partial charge < -0.3 is 33.4 Å². The second kappa shape index (κ2) is 10.3. The number of H-pyrrole nitrogens is 1. The van der Waals surface area contributed by atoms with Gasteiger partial charge in [0.05, 0.1) is 31.7 Å². The number of aromatic nitrogens is 1. The summed E-state index contributed by atoms with van der Waals surface area (Å²) in [5, 5.41) is 1.22. The molecule has 1 N–H and O–H groups in total. The molecule has 4 aliphatic rings. The summed E-state index contributed by atoms with van der Waals surface area (Å²) in [6.45, 7) is 1.85. The summed E-state index contributed by atoms with van der Waals surface area (Å²) in [5.74, 6) is 0.705. The average molecular weight is 563 g/mol. The van der Waals surface area contributed by atoms with E-state index in [1.165, 1.54) is 23.8 Å². The number of hydrogen-bond acceptors (Lipinski definition) is 9. The van der Waals surface area contributed by atoms with Gasteiger partial charge in [0.25, 0.3) is 0 Å². The summed E-state index contributed by atoms with van der Waals surface area (Å²) < 4.78 is 33.5. The van der Waals surface area contributed by atoms with E-state index in [0.29, 0.717) is 23.5 Å². The fourth-order valence-corrected chi connectivity index (χ4v) is 7.59. The molecule has 3 aromatic rings. The smallest absolute Gasteiger partial charge is 0.338 e. The number of hydrogen-bond donors (Lipinski definition) is 1. The Balaban J connectivity index is 1.17. The molecule has 0 bridgehead atoms. The first-order valence-corrected chi connectivity index (χ1v) is 14.1. The van der Waals surface area contributed by atoms with E-state index in [4.69, 9.17) is 28.4 Å². The Labute approximate surface area is 237 Å². The van der Waals surface area contributed by atoms with E-state index < -0.39 is 24.1 Å². The first kappa shape index (κ1) is 26.2. The fraction of sp³-hybridized carbons (Fsp3) is 0.484. The normalized spacial score (nSPS) is 28.4. The first-order valence-electron chi connectivity index (χ1n) is 14.1. The van der Waals surface area contributed by atoms with Crippen LogP contribution in [0.4, 0.5) is 0 Å². The molecule has 1 aliphatic carbocycles. The zero-order valence-electron chi connectivity index (χ0n) is 23.4. The number of benzene rings is 2. The van der Waals surface area contributed by atoms with Crippen molar-refractivity contribution in [3.63, 3.8) is 0 Å². The van der Waals surface area contributed by atoms with Gasteiger partial charge in [0.1, 0.15) is 18.0 Å². The van der Waals surface area contributed by atoms with E-state index in [-0.39, 0.29) is 30.6 Å². The summed E-state index contributed by atoms with van der Waals surface area (Å²) in [4.78, 5) is 32.8. The minimum atomic E-state index is -0.622. The number of rotatable bonds is 5. The molecule has 10 nitrogen and oxygen atoms in total. The number of carbonyl (C=O) groups excluding carboxylic acids is 2. The Hall–Kier alpha value is -3.76. The van der Waals surface area contributed by atoms with Crippen molar-refractivity contribution < 1.29 is 38.0 Å². The Kier molecular flexibility index (Phi) is 6.54. The van der Waals surface area contributed by atoms with Gasteiger partial charge in [-0.15, -0.1) is 0 Å². The highest BCUT2D eigenvalue weighted by molar-refractivity contribution is 5.90. The largest absolute Gasteiger partial charge is 0.497 e. The monoisotopic (exact) mass is 562 g/mol. The lowest BCUT2D eigenvalue weighted by Gasteiger charge is -2.52. The third kappa shape index (κ3) is 4.31. The van der Waals surface area contributed by atoms with Crippen molar-refractivity contribution in [3.8, 4) is 17.2 Å². The molecule has 2 fully saturated rings. The third-order valence-corrected chi connectivity index (χ3v) is 9.47. The number of ether oxygens (including phenoxy) is 6. The Morgan fingerprint density at radius 3 is 2.68 bits per heavy atom. The number of nitrogens with zero attached hydrogens (tertiary/aromatic N) is 1. The zero-order chi connectivity index (χ0) is 28.2. The fourth-order valence-electron chi connectivity index (χ4n) is 7.59. The van der Waals surface area contributed by atoms with Gasteiger partial charge >= 0.3 is 11.9 Å². The third-order valence-electron chi connectivity index (χ3n) is 9.47. The lowest BCUT2D eigenvalue weighted by molar-refractivity contribution is -0.176. The number of fused-ring (bicyclic) bond motifs is 7. The SMILES string of the molecule is COC(=O)[C@H]1[C@H]2C[C@@H]3c4[nH]c5cc(OC)ccc5c4CCN3C[C@H]2C[C@@H](OC(=O)c2ccc3c(c2)OCO3)[C@@H]1OC. The van der Waals surface area contributed by atoms with Crippen molar-refractivity contribution in [2.24, 2.45) is 17.8 Å². The van der Waals surface area contributed by atoms with E-state index in [2.05, 4.69) is 16.0 Å². The van der Waals surface area contributed by atoms with E-state index in [9.17, 15) is 9.59 Å². The lowest BCUT2D eigenvalue weighted by atomic mass is 9.63. The number of methoxy groups -OCH3 is 3. The lowest BCUT2D eigenvalue weighted by Crippen LogP contribution is -2.58. The van der Waals surface area contributed by atoms with Gasteiger partial charge in [-0.25, -0.2) is 4.79 Å². The van der Waals surface area contributed by atoms with Gasteiger partial charge in [-0.3, -0.25) is 9.69 Å². The maximum absolute atomic E-state index is 13.3. The van der Waals surface area contributed by atoms with Crippen LogP contribution in [0.2, 0.25) is 0 Å². The molecule has 1 saturated carbocycles. The van der Waals surface area contributed by atoms with Gasteiger partial charge in [-0.2, -0.15) is 0 Å². The summed E-state index contributed by atoms with van der Waals surface area (Å²) in [5.41, 5.74) is 3.99. The second-order valence-electron chi connectivity index (χ2n) is 11.3. The summed E-state index contributed by atoms with van der Waals surface area (Å²) in [6.07, 6.45) is 1.11. The average Bonchev–Trinajstić information content (AvgIpc) is 3.62. The Morgan fingerprint density at radius 2 is 1.88 bits per heavy atom. The maximum atomic E-state index is 13.3. The van der Waals surface area contributed by atoms with Crippen molar-refractivity contribution >= 4 is 22.8 Å². The van der Waals surface area contributed by atoms with Crippen molar-refractivity contribution in [1.82, 2.24) is 9.88 Å². The van der Waals surface area contributed by atoms with Crippen LogP contribution >= 0.6 is 0 Å². The Morgan fingerprint density at radius 1 is 1.02 bits per heavy atom. The van der Waals surface area contributed by atoms with Gasteiger partial charge in [0.2, 0.25) is 6.79 Å². The molecule has 6 atom stereocenters. The number of aromatic amines is 1. The molecule has 41 heavy (non-hydrogen) atoms. The van der Waals surface area contributed by atoms with E-state index >= 15 is 0 Å². The minimum absolute atomic E-state index is 0.0149. The van der Waals surface area contributed by atoms with Crippen LogP contribution in [0.1, 0.15) is 40.5 Å². The number of carbonyl (C=O) groups is 2. The van der Waals surface area contributed by atoms with Gasteiger partial charge in [0.15, 0.2) is 11.5 Å². The topological polar surface area (TPSA) is 109 Å². The van der Waals surface area contributed by atoms with Crippen LogP contribution in [0.25, 0.3) is 10.9 Å². The molecule has 1 saturated heterocycles. The van der Waals surface area contributed by atoms with Crippen molar-refractivity contribution in [2.45, 2.75) is 37.5 Å². The predicted octanol–water partition coefficient (Wildman–Crippen LogP) is 3.87. The molecule has 0 amide bonds. The molecule has 0 unspecified atom stereocenters. The van der Waals surface area contributed by atoms with E-state index in [1.807, 2.05) is 12.1 Å². The predicted molar refractivity (Wildman–Crippen MR) is 147 cm³/mol. The molecule has 3 aliphatic heterocycles. The molecule has 7 rings (SSSR count). The van der Waals surface area contributed by atoms with Crippen LogP contribution in [0.5, 0.6) is 17.2 Å². The summed E-state index contributed by atoms with van der Waals surface area (Å²) in [6, 6.07) is 11.3. The van der Waals surface area contributed by atoms with Crippen LogP contribution in [0.15, 0.2) is 36.4 Å². The van der Waals surface area contributed by atoms with Crippen LogP contribution in [0.3, 0.4) is 0 Å². The van der Waals surface area contributed by atoms with Crippen LogP contribution in [-0.4, -0.2) is 75.2 Å². The Bertz CT molecular complexity index is 1500. The first-order chi connectivity index (χ1) is 20.0. The molecule has 0 radical (unpaired) electrons. The van der Waals surface area contributed by atoms with Gasteiger partial charge in [-0.05, 0) is 67.0 Å². The number of piperidine rings is 1. The molecule has 0 spiro atoms. The standard InChI is InChI=1S/C31H34N2O8/c1-36-18-5-6-19-20-8-9-33-14-17-11-26(41-30(34)16-4-7-24-25(10-16)40-15-39-24)29(37-2)27(31(35)38-3)21(17)13-23(33)28(20)32-22(19)12-18/h4-7,10,12,17,21,23,26-27,29,32H,8-9,11,13-15H2,1-3H3/t17-,21+,23-,26-,27+,29+/m1/s1. The molecular weight excluding hydrogens is 528 g/mol. The summed E-state index contributed by atoms with van der Waals surface area (Å²) >= 11 is 0. The van der Waals surface area contributed by atoms with Crippen LogP contribution in [0, 0.1) is 17.8 Å². The highest BCUT2D eigenvalue weighted by Gasteiger charge is 2.54. The van der Waals surface area contributed by atoms with E-state index in [0.717, 1.165) is 37.2 Å². The van der Waals surface area contributed by atoms with E-state index in [1.54, 1.807) is 32.4 Å². The molecule has 216 valence electrons. The molecule has 4 heterocycles. The number of esters is 2. The van der Waals surface area contributed by atoms with Crippen molar-refractivity contribution in [2.75, 3.05) is 41.2 Å². The van der Waals surface area contributed by atoms with Gasteiger partial charge in [0, 0.05) is 42.9 Å². The highest BCUT2D eigenvalue weighted by atomic mass is 16.7. The van der Waals surface area contributed by atoms with Crippen molar-refractivity contribution in [3.05, 3.63) is 53.2 Å². The minimum Gasteiger partial charge on any atom is -0.497 e. The quantitative estimate of drug-likeness (QED) is 0.464. The summed E-state index contributed by atoms with van der Waals surface area (Å²) in [7, 11) is 4.65. The van der Waals surface area contributed by atoms with Crippen LogP contribution in [-0.2, 0) is 25.4 Å². The number of nitrogens with one attached hydrogen (secondary N) is 1. The molecular formula is C31H34N2O8. The molecule has 10 heteroatoms.